The molecule has 0 atom stereocenters. The fourth-order valence-electron chi connectivity index (χ4n) is 2.56. The van der Waals surface area contributed by atoms with E-state index in [0.29, 0.717) is 17.2 Å². The van der Waals surface area contributed by atoms with Crippen LogP contribution in [0.25, 0.3) is 5.69 Å². The molecular formula is C20H21N2O2S2+. The van der Waals surface area contributed by atoms with Gasteiger partial charge >= 0.3 is 5.97 Å². The predicted molar refractivity (Wildman–Crippen MR) is 107 cm³/mol. The SMILES string of the molecule is CCOC(=O)c1sc(SCc2ccccc2)c(-[n+]2cccc(C)c2)c1N. The van der Waals surface area contributed by atoms with E-state index in [1.807, 2.05) is 54.2 Å². The van der Waals surface area contributed by atoms with Crippen LogP contribution in [-0.4, -0.2) is 12.6 Å². The minimum Gasteiger partial charge on any atom is -0.462 e. The van der Waals surface area contributed by atoms with Crippen molar-refractivity contribution in [1.29, 1.82) is 0 Å². The molecule has 0 fully saturated rings. The monoisotopic (exact) mass is 385 g/mol. The number of nitrogens with zero attached hydrogens (tertiary/aromatic N) is 1. The Balaban J connectivity index is 2.00. The number of aromatic nitrogens is 1. The van der Waals surface area contributed by atoms with Crippen LogP contribution in [-0.2, 0) is 10.5 Å². The number of anilines is 1. The lowest BCUT2D eigenvalue weighted by molar-refractivity contribution is -0.597. The van der Waals surface area contributed by atoms with Crippen molar-refractivity contribution in [1.82, 2.24) is 0 Å². The molecule has 0 spiro atoms. The van der Waals surface area contributed by atoms with Crippen LogP contribution in [0.15, 0.2) is 59.1 Å². The number of hydrogen-bond donors (Lipinski definition) is 1. The minimum atomic E-state index is -0.365. The second-order valence-electron chi connectivity index (χ2n) is 5.76. The zero-order valence-electron chi connectivity index (χ0n) is 14.8. The fourth-order valence-corrected chi connectivity index (χ4v) is 4.91. The first-order valence-corrected chi connectivity index (χ1v) is 10.1. The summed E-state index contributed by atoms with van der Waals surface area (Å²) in [7, 11) is 0. The maximum Gasteiger partial charge on any atom is 0.350 e. The fraction of sp³-hybridized carbons (Fsp3) is 0.200. The van der Waals surface area contributed by atoms with Gasteiger partial charge in [0, 0.05) is 17.4 Å². The van der Waals surface area contributed by atoms with E-state index in [4.69, 9.17) is 10.5 Å². The molecular weight excluding hydrogens is 364 g/mol. The summed E-state index contributed by atoms with van der Waals surface area (Å²) in [6.45, 7) is 4.15. The van der Waals surface area contributed by atoms with E-state index in [0.717, 1.165) is 21.2 Å². The zero-order valence-corrected chi connectivity index (χ0v) is 16.4. The zero-order chi connectivity index (χ0) is 18.5. The van der Waals surface area contributed by atoms with Gasteiger partial charge in [0.05, 0.1) is 6.61 Å². The lowest BCUT2D eigenvalue weighted by Crippen LogP contribution is -2.31. The molecule has 4 nitrogen and oxygen atoms in total. The van der Waals surface area contributed by atoms with E-state index in [-0.39, 0.29) is 5.97 Å². The first kappa shape index (κ1) is 18.5. The van der Waals surface area contributed by atoms with Gasteiger partial charge in [-0.3, -0.25) is 0 Å². The van der Waals surface area contributed by atoms with Crippen molar-refractivity contribution in [3.8, 4) is 5.69 Å². The Morgan fingerprint density at radius 2 is 2.00 bits per heavy atom. The number of thiophene rings is 1. The van der Waals surface area contributed by atoms with Gasteiger partial charge in [-0.2, -0.15) is 4.57 Å². The molecule has 26 heavy (non-hydrogen) atoms. The molecule has 6 heteroatoms. The molecule has 2 N–H and O–H groups in total. The Labute approximate surface area is 161 Å². The van der Waals surface area contributed by atoms with Gasteiger partial charge in [-0.15, -0.1) is 23.1 Å². The lowest BCUT2D eigenvalue weighted by Gasteiger charge is -2.02. The largest absolute Gasteiger partial charge is 0.462 e. The highest BCUT2D eigenvalue weighted by Crippen LogP contribution is 2.40. The highest BCUT2D eigenvalue weighted by Gasteiger charge is 2.28. The third kappa shape index (κ3) is 4.08. The minimum absolute atomic E-state index is 0.329. The summed E-state index contributed by atoms with van der Waals surface area (Å²) in [5, 5.41) is 0. The number of hydrogen-bond acceptors (Lipinski definition) is 5. The molecule has 3 rings (SSSR count). The summed E-state index contributed by atoms with van der Waals surface area (Å²) < 4.78 is 8.16. The van der Waals surface area contributed by atoms with Gasteiger partial charge in [-0.25, -0.2) is 4.79 Å². The quantitative estimate of drug-likeness (QED) is 0.389. The van der Waals surface area contributed by atoms with Crippen molar-refractivity contribution in [2.75, 3.05) is 12.3 Å². The Hall–Kier alpha value is -2.31. The van der Waals surface area contributed by atoms with Crippen LogP contribution in [0.4, 0.5) is 5.69 Å². The lowest BCUT2D eigenvalue weighted by atomic mass is 10.2. The van der Waals surface area contributed by atoms with Crippen molar-refractivity contribution < 1.29 is 14.1 Å². The number of benzene rings is 1. The van der Waals surface area contributed by atoms with Crippen LogP contribution in [0.3, 0.4) is 0 Å². The Kier molecular flexibility index (Phi) is 5.96. The van der Waals surface area contributed by atoms with Crippen LogP contribution in [0, 0.1) is 6.92 Å². The van der Waals surface area contributed by atoms with E-state index < -0.39 is 0 Å². The summed E-state index contributed by atoms with van der Waals surface area (Å²) in [6.07, 6.45) is 3.97. The highest BCUT2D eigenvalue weighted by atomic mass is 32.2. The molecule has 2 heterocycles. The molecule has 0 aliphatic heterocycles. The normalized spacial score (nSPS) is 10.7. The van der Waals surface area contributed by atoms with E-state index >= 15 is 0 Å². The number of aryl methyl sites for hydroxylation is 1. The van der Waals surface area contributed by atoms with Gasteiger partial charge in [0.2, 0.25) is 0 Å². The highest BCUT2D eigenvalue weighted by molar-refractivity contribution is 8.00. The third-order valence-corrected chi connectivity index (χ3v) is 6.27. The molecule has 0 aliphatic carbocycles. The summed E-state index contributed by atoms with van der Waals surface area (Å²) in [6, 6.07) is 14.2. The van der Waals surface area contributed by atoms with Crippen LogP contribution in [0.5, 0.6) is 0 Å². The number of carbonyl (C=O) groups is 1. The molecule has 0 aliphatic rings. The van der Waals surface area contributed by atoms with Crippen LogP contribution < -0.4 is 10.3 Å². The van der Waals surface area contributed by atoms with E-state index in [2.05, 4.69) is 12.1 Å². The van der Waals surface area contributed by atoms with Crippen molar-refractivity contribution in [3.63, 3.8) is 0 Å². The molecule has 0 bridgehead atoms. The van der Waals surface area contributed by atoms with Crippen molar-refractivity contribution >= 4 is 34.8 Å². The topological polar surface area (TPSA) is 56.2 Å². The molecule has 0 amide bonds. The van der Waals surface area contributed by atoms with Crippen molar-refractivity contribution in [2.24, 2.45) is 0 Å². The molecule has 0 radical (unpaired) electrons. The van der Waals surface area contributed by atoms with Crippen molar-refractivity contribution in [2.45, 2.75) is 23.8 Å². The van der Waals surface area contributed by atoms with Crippen LogP contribution >= 0.6 is 23.1 Å². The summed E-state index contributed by atoms with van der Waals surface area (Å²) in [5.41, 5.74) is 10.0. The Bertz CT molecular complexity index is 907. The number of carbonyl (C=O) groups excluding carboxylic acids is 1. The average Bonchev–Trinajstić information content (AvgIpc) is 2.97. The Morgan fingerprint density at radius 1 is 1.23 bits per heavy atom. The summed E-state index contributed by atoms with van der Waals surface area (Å²) >= 11 is 3.08. The van der Waals surface area contributed by atoms with Gasteiger partial charge in [-0.1, -0.05) is 30.3 Å². The van der Waals surface area contributed by atoms with Gasteiger partial charge in [0.1, 0.15) is 14.8 Å². The molecule has 0 saturated heterocycles. The molecule has 0 unspecified atom stereocenters. The molecule has 134 valence electrons. The number of thioether (sulfide) groups is 1. The van der Waals surface area contributed by atoms with E-state index in [9.17, 15) is 4.79 Å². The molecule has 3 aromatic rings. The van der Waals surface area contributed by atoms with Crippen LogP contribution in [0.2, 0.25) is 0 Å². The maximum absolute atomic E-state index is 12.3. The van der Waals surface area contributed by atoms with Gasteiger partial charge in [0.25, 0.3) is 5.69 Å². The molecule has 0 saturated carbocycles. The van der Waals surface area contributed by atoms with E-state index in [1.54, 1.807) is 18.7 Å². The first-order chi connectivity index (χ1) is 12.6. The van der Waals surface area contributed by atoms with E-state index in [1.165, 1.54) is 16.9 Å². The van der Waals surface area contributed by atoms with Gasteiger partial charge in [-0.05, 0) is 25.5 Å². The van der Waals surface area contributed by atoms with Crippen LogP contribution in [0.1, 0.15) is 27.7 Å². The van der Waals surface area contributed by atoms with Gasteiger partial charge in [0.15, 0.2) is 12.4 Å². The van der Waals surface area contributed by atoms with Crippen molar-refractivity contribution in [3.05, 3.63) is 70.9 Å². The second-order valence-corrected chi connectivity index (χ2v) is 8.03. The third-order valence-electron chi connectivity index (χ3n) is 3.77. The number of pyridine rings is 1. The summed E-state index contributed by atoms with van der Waals surface area (Å²) in [4.78, 5) is 12.8. The number of nitrogens with two attached hydrogens (primary N) is 1. The number of ether oxygens (including phenoxy) is 1. The smallest absolute Gasteiger partial charge is 0.350 e. The molecule has 2 aromatic heterocycles. The van der Waals surface area contributed by atoms with Gasteiger partial charge < -0.3 is 10.5 Å². The average molecular weight is 386 g/mol. The molecule has 1 aromatic carbocycles. The summed E-state index contributed by atoms with van der Waals surface area (Å²) in [5.74, 6) is 0.443. The number of esters is 1. The predicted octanol–water partition coefficient (Wildman–Crippen LogP) is 4.38. The first-order valence-electron chi connectivity index (χ1n) is 8.34. The standard InChI is InChI=1S/C20H20N2O2S2/c1-3-24-19(23)18-16(21)17(22-11-7-8-14(2)12-22)20(26-18)25-13-15-9-5-4-6-10-15/h4-12H,3,13H2,1-2H3,(H-,21,23)/p+1. The number of nitrogen functional groups attached to an aromatic ring is 1. The second kappa shape index (κ2) is 8.38. The maximum atomic E-state index is 12.3. The Morgan fingerprint density at radius 3 is 2.69 bits per heavy atom. The number of rotatable bonds is 6.